The van der Waals surface area contributed by atoms with E-state index >= 15 is 0 Å². The van der Waals surface area contributed by atoms with Crippen LogP contribution in [0, 0.1) is 10.1 Å². The van der Waals surface area contributed by atoms with E-state index in [4.69, 9.17) is 11.6 Å². The van der Waals surface area contributed by atoms with Crippen molar-refractivity contribution in [1.29, 1.82) is 0 Å². The highest BCUT2D eigenvalue weighted by atomic mass is 35.5. The zero-order valence-electron chi connectivity index (χ0n) is 9.92. The van der Waals surface area contributed by atoms with Crippen LogP contribution in [0.5, 0.6) is 0 Å². The molecule has 0 spiro atoms. The van der Waals surface area contributed by atoms with Crippen molar-refractivity contribution in [1.82, 2.24) is 14.9 Å². The van der Waals surface area contributed by atoms with Gasteiger partial charge in [-0.15, -0.1) is 0 Å². The van der Waals surface area contributed by atoms with Gasteiger partial charge in [0.15, 0.2) is 0 Å². The number of rotatable bonds is 5. The number of halogens is 1. The number of nitro groups is 1. The van der Waals surface area contributed by atoms with Crippen molar-refractivity contribution in [3.63, 3.8) is 0 Å². The number of hydrogen-bond donors (Lipinski definition) is 0. The van der Waals surface area contributed by atoms with Crippen LogP contribution in [-0.2, 0) is 0 Å². The summed E-state index contributed by atoms with van der Waals surface area (Å²) in [7, 11) is 5.58. The van der Waals surface area contributed by atoms with E-state index in [1.807, 2.05) is 19.0 Å². The number of aromatic nitrogens is 2. The average molecular weight is 260 g/mol. The third-order valence-electron chi connectivity index (χ3n) is 2.16. The second kappa shape index (κ2) is 5.74. The molecule has 1 heterocycles. The third-order valence-corrected chi connectivity index (χ3v) is 2.34. The molecule has 94 valence electrons. The first kappa shape index (κ1) is 13.6. The Hall–Kier alpha value is -1.47. The summed E-state index contributed by atoms with van der Waals surface area (Å²) in [6, 6.07) is 0. The second-order valence-electron chi connectivity index (χ2n) is 3.83. The monoisotopic (exact) mass is 259 g/mol. The molecule has 1 aromatic heterocycles. The number of hydrogen-bond acceptors (Lipinski definition) is 6. The van der Waals surface area contributed by atoms with Gasteiger partial charge < -0.3 is 9.80 Å². The van der Waals surface area contributed by atoms with Crippen LogP contribution in [0.25, 0.3) is 0 Å². The van der Waals surface area contributed by atoms with Crippen LogP contribution in [0.1, 0.15) is 0 Å². The lowest BCUT2D eigenvalue weighted by Gasteiger charge is -2.20. The van der Waals surface area contributed by atoms with Crippen LogP contribution in [-0.4, -0.2) is 54.0 Å². The zero-order valence-corrected chi connectivity index (χ0v) is 10.7. The minimum absolute atomic E-state index is 0.00213. The number of nitrogens with zero attached hydrogens (tertiary/aromatic N) is 5. The van der Waals surface area contributed by atoms with Crippen molar-refractivity contribution in [2.75, 3.05) is 39.1 Å². The minimum Gasteiger partial charge on any atom is -0.353 e. The summed E-state index contributed by atoms with van der Waals surface area (Å²) in [5.41, 5.74) is -0.143. The summed E-state index contributed by atoms with van der Waals surface area (Å²) in [6.07, 6.45) is 1.12. The molecule has 1 aromatic rings. The van der Waals surface area contributed by atoms with E-state index < -0.39 is 4.92 Å². The highest BCUT2D eigenvalue weighted by molar-refractivity contribution is 6.28. The van der Waals surface area contributed by atoms with Crippen molar-refractivity contribution in [3.8, 4) is 0 Å². The van der Waals surface area contributed by atoms with Crippen LogP contribution in [0.4, 0.5) is 11.5 Å². The molecule has 0 aromatic carbocycles. The van der Waals surface area contributed by atoms with Gasteiger partial charge in [0.25, 0.3) is 0 Å². The number of anilines is 1. The molecule has 0 N–H and O–H groups in total. The Balaban J connectivity index is 2.94. The highest BCUT2D eigenvalue weighted by Gasteiger charge is 2.20. The predicted molar refractivity (Wildman–Crippen MR) is 65.5 cm³/mol. The van der Waals surface area contributed by atoms with Gasteiger partial charge >= 0.3 is 5.69 Å². The third kappa shape index (κ3) is 3.79. The maximum absolute atomic E-state index is 10.8. The summed E-state index contributed by atoms with van der Waals surface area (Å²) in [5.74, 6) is 0.233. The van der Waals surface area contributed by atoms with Crippen LogP contribution in [0.2, 0.25) is 5.28 Å². The Kier molecular flexibility index (Phi) is 4.59. The molecule has 0 saturated heterocycles. The summed E-state index contributed by atoms with van der Waals surface area (Å²) in [4.78, 5) is 21.5. The van der Waals surface area contributed by atoms with Crippen molar-refractivity contribution in [3.05, 3.63) is 21.6 Å². The molecule has 1 rings (SSSR count). The Morgan fingerprint density at radius 3 is 2.59 bits per heavy atom. The molecule has 0 aliphatic rings. The van der Waals surface area contributed by atoms with Crippen molar-refractivity contribution in [2.24, 2.45) is 0 Å². The normalized spacial score (nSPS) is 10.6. The van der Waals surface area contributed by atoms with Gasteiger partial charge in [-0.05, 0) is 25.7 Å². The van der Waals surface area contributed by atoms with Gasteiger partial charge in [0.1, 0.15) is 6.20 Å². The Morgan fingerprint density at radius 2 is 2.06 bits per heavy atom. The molecule has 0 radical (unpaired) electrons. The zero-order chi connectivity index (χ0) is 13.0. The molecule has 8 heteroatoms. The molecular weight excluding hydrogens is 246 g/mol. The molecule has 17 heavy (non-hydrogen) atoms. The summed E-state index contributed by atoms with van der Waals surface area (Å²) in [6.45, 7) is 1.37. The van der Waals surface area contributed by atoms with E-state index in [0.29, 0.717) is 6.54 Å². The Labute approximate surface area is 104 Å². The van der Waals surface area contributed by atoms with E-state index in [1.165, 1.54) is 0 Å². The van der Waals surface area contributed by atoms with Crippen molar-refractivity contribution in [2.45, 2.75) is 0 Å². The lowest BCUT2D eigenvalue weighted by atomic mass is 10.4. The van der Waals surface area contributed by atoms with Crippen molar-refractivity contribution < 1.29 is 4.92 Å². The van der Waals surface area contributed by atoms with E-state index in [0.717, 1.165) is 12.7 Å². The van der Waals surface area contributed by atoms with Gasteiger partial charge in [-0.1, -0.05) is 0 Å². The van der Waals surface area contributed by atoms with Gasteiger partial charge in [-0.3, -0.25) is 10.1 Å². The molecule has 0 fully saturated rings. The molecule has 0 aliphatic heterocycles. The summed E-state index contributed by atoms with van der Waals surface area (Å²) in [5, 5.41) is 10.8. The van der Waals surface area contributed by atoms with E-state index in [1.54, 1.807) is 11.9 Å². The van der Waals surface area contributed by atoms with Gasteiger partial charge in [0.2, 0.25) is 11.1 Å². The van der Waals surface area contributed by atoms with Gasteiger partial charge in [0.05, 0.1) is 4.92 Å². The first-order chi connectivity index (χ1) is 7.91. The van der Waals surface area contributed by atoms with Gasteiger partial charge in [0, 0.05) is 20.1 Å². The maximum Gasteiger partial charge on any atom is 0.329 e. The SMILES string of the molecule is CN(C)CCN(C)c1nc(Cl)ncc1[N+](=O)[O-]. The quantitative estimate of drug-likeness (QED) is 0.447. The van der Waals surface area contributed by atoms with Crippen molar-refractivity contribution >= 4 is 23.1 Å². The second-order valence-corrected chi connectivity index (χ2v) is 4.17. The fourth-order valence-electron chi connectivity index (χ4n) is 1.21. The lowest BCUT2D eigenvalue weighted by molar-refractivity contribution is -0.384. The lowest BCUT2D eigenvalue weighted by Crippen LogP contribution is -2.29. The van der Waals surface area contributed by atoms with Crippen LogP contribution in [0.15, 0.2) is 6.20 Å². The summed E-state index contributed by atoms with van der Waals surface area (Å²) < 4.78 is 0. The fourth-order valence-corrected chi connectivity index (χ4v) is 1.34. The van der Waals surface area contributed by atoms with Crippen LogP contribution >= 0.6 is 11.6 Å². The standard InChI is InChI=1S/C9H14ClN5O2/c1-13(2)4-5-14(3)8-7(15(16)17)6-11-9(10)12-8/h6H,4-5H2,1-3H3. The first-order valence-corrected chi connectivity index (χ1v) is 5.32. The van der Waals surface area contributed by atoms with Crippen LogP contribution in [0.3, 0.4) is 0 Å². The first-order valence-electron chi connectivity index (χ1n) is 4.94. The number of likely N-dealkylation sites (N-methyl/N-ethyl adjacent to an activating group) is 2. The minimum atomic E-state index is -0.516. The predicted octanol–water partition coefficient (Wildman–Crippen LogP) is 1.04. The van der Waals surface area contributed by atoms with E-state index in [-0.39, 0.29) is 16.8 Å². The molecular formula is C9H14ClN5O2. The fraction of sp³-hybridized carbons (Fsp3) is 0.556. The molecule has 0 bridgehead atoms. The Morgan fingerprint density at radius 1 is 1.41 bits per heavy atom. The molecule has 0 amide bonds. The molecule has 0 atom stereocenters. The van der Waals surface area contributed by atoms with E-state index in [9.17, 15) is 10.1 Å². The molecule has 7 nitrogen and oxygen atoms in total. The van der Waals surface area contributed by atoms with Gasteiger partial charge in [-0.25, -0.2) is 4.98 Å². The molecule has 0 unspecified atom stereocenters. The van der Waals surface area contributed by atoms with Gasteiger partial charge in [-0.2, -0.15) is 4.98 Å². The maximum atomic E-state index is 10.8. The largest absolute Gasteiger partial charge is 0.353 e. The molecule has 0 aliphatic carbocycles. The Bertz CT molecular complexity index is 412. The average Bonchev–Trinajstić information content (AvgIpc) is 2.25. The summed E-state index contributed by atoms with van der Waals surface area (Å²) >= 11 is 5.65. The smallest absolute Gasteiger partial charge is 0.329 e. The molecule has 0 saturated carbocycles. The van der Waals surface area contributed by atoms with Crippen LogP contribution < -0.4 is 4.90 Å². The topological polar surface area (TPSA) is 75.4 Å². The highest BCUT2D eigenvalue weighted by Crippen LogP contribution is 2.24. The van der Waals surface area contributed by atoms with E-state index in [2.05, 4.69) is 9.97 Å².